The van der Waals surface area contributed by atoms with Crippen molar-refractivity contribution in [3.05, 3.63) is 58.7 Å². The van der Waals surface area contributed by atoms with Gasteiger partial charge in [-0.25, -0.2) is 13.2 Å². The fourth-order valence-electron chi connectivity index (χ4n) is 2.19. The smallest absolute Gasteiger partial charge is 0.335 e. The molecule has 0 aliphatic heterocycles. The van der Waals surface area contributed by atoms with E-state index in [-0.39, 0.29) is 21.7 Å². The minimum atomic E-state index is -3.95. The van der Waals surface area contributed by atoms with E-state index in [1.165, 1.54) is 24.3 Å². The van der Waals surface area contributed by atoms with Gasteiger partial charge < -0.3 is 5.11 Å². The summed E-state index contributed by atoms with van der Waals surface area (Å²) >= 11 is 0. The lowest BCUT2D eigenvalue weighted by Crippen LogP contribution is -2.15. The maximum absolute atomic E-state index is 12.5. The van der Waals surface area contributed by atoms with Gasteiger partial charge in [-0.1, -0.05) is 12.1 Å². The quantitative estimate of drug-likeness (QED) is 0.896. The van der Waals surface area contributed by atoms with Crippen LogP contribution in [0.5, 0.6) is 0 Å². The molecule has 118 valence electrons. The molecular weight excluding hydrogens is 316 g/mol. The summed E-state index contributed by atoms with van der Waals surface area (Å²) in [5.74, 6) is -1.08. The molecule has 2 aromatic carbocycles. The van der Waals surface area contributed by atoms with Gasteiger partial charge in [0, 0.05) is 5.69 Å². The van der Waals surface area contributed by atoms with Crippen LogP contribution in [0, 0.1) is 25.2 Å². The fourth-order valence-corrected chi connectivity index (χ4v) is 3.47. The summed E-state index contributed by atoms with van der Waals surface area (Å²) in [5, 5.41) is 18.2. The first-order chi connectivity index (χ1) is 10.8. The Morgan fingerprint density at radius 1 is 1.17 bits per heavy atom. The van der Waals surface area contributed by atoms with Gasteiger partial charge in [-0.05, 0) is 49.2 Å². The number of rotatable bonds is 4. The number of nitriles is 1. The molecule has 0 fully saturated rings. The van der Waals surface area contributed by atoms with E-state index in [4.69, 9.17) is 10.4 Å². The molecule has 23 heavy (non-hydrogen) atoms. The lowest BCUT2D eigenvalue weighted by atomic mass is 10.1. The number of benzene rings is 2. The van der Waals surface area contributed by atoms with Crippen molar-refractivity contribution in [3.63, 3.8) is 0 Å². The minimum Gasteiger partial charge on any atom is -0.478 e. The number of carboxylic acids is 1. The highest BCUT2D eigenvalue weighted by Gasteiger charge is 2.20. The highest BCUT2D eigenvalue weighted by atomic mass is 32.2. The van der Waals surface area contributed by atoms with Crippen LogP contribution in [0.25, 0.3) is 0 Å². The fraction of sp³-hybridized carbons (Fsp3) is 0.125. The van der Waals surface area contributed by atoms with Crippen molar-refractivity contribution in [2.24, 2.45) is 0 Å². The molecule has 2 rings (SSSR count). The molecule has 7 heteroatoms. The van der Waals surface area contributed by atoms with Crippen molar-refractivity contribution in [1.82, 2.24) is 0 Å². The first-order valence-electron chi connectivity index (χ1n) is 6.62. The Kier molecular flexibility index (Phi) is 4.38. The van der Waals surface area contributed by atoms with Crippen molar-refractivity contribution in [1.29, 1.82) is 5.26 Å². The highest BCUT2D eigenvalue weighted by Crippen LogP contribution is 2.23. The third-order valence-electron chi connectivity index (χ3n) is 3.34. The van der Waals surface area contributed by atoms with Crippen molar-refractivity contribution in [3.8, 4) is 6.07 Å². The number of anilines is 1. The molecule has 0 amide bonds. The topological polar surface area (TPSA) is 107 Å². The molecule has 0 saturated carbocycles. The predicted octanol–water partition coefficient (Wildman–Crippen LogP) is 2.67. The summed E-state index contributed by atoms with van der Waals surface area (Å²) in [6.45, 7) is 3.23. The van der Waals surface area contributed by atoms with Gasteiger partial charge in [-0.3, -0.25) is 4.72 Å². The van der Waals surface area contributed by atoms with Crippen LogP contribution in [0.1, 0.15) is 27.0 Å². The van der Waals surface area contributed by atoms with Crippen LogP contribution >= 0.6 is 0 Å². The van der Waals surface area contributed by atoms with E-state index < -0.39 is 16.0 Å². The maximum Gasteiger partial charge on any atom is 0.335 e. The number of aryl methyl sites for hydroxylation is 2. The number of nitrogens with one attached hydrogen (secondary N) is 1. The van der Waals surface area contributed by atoms with Crippen molar-refractivity contribution in [2.45, 2.75) is 18.7 Å². The van der Waals surface area contributed by atoms with Crippen LogP contribution in [-0.4, -0.2) is 19.5 Å². The Bertz CT molecular complexity index is 928. The molecule has 6 nitrogen and oxygen atoms in total. The highest BCUT2D eigenvalue weighted by molar-refractivity contribution is 7.92. The standard InChI is InChI=1S/C16H14N2O4S/c1-10-4-3-5-15(14(10)9-17)23(21,22)18-12-6-7-13(16(19)20)11(2)8-12/h3-8,18H,1-2H3,(H,19,20). The van der Waals surface area contributed by atoms with E-state index in [0.717, 1.165) is 0 Å². The van der Waals surface area contributed by atoms with Gasteiger partial charge in [0.2, 0.25) is 0 Å². The van der Waals surface area contributed by atoms with Crippen LogP contribution in [0.3, 0.4) is 0 Å². The monoisotopic (exact) mass is 330 g/mol. The van der Waals surface area contributed by atoms with Gasteiger partial charge in [0.05, 0.1) is 11.1 Å². The Morgan fingerprint density at radius 2 is 1.87 bits per heavy atom. The zero-order valence-corrected chi connectivity index (χ0v) is 13.3. The molecule has 0 bridgehead atoms. The van der Waals surface area contributed by atoms with Crippen molar-refractivity contribution < 1.29 is 18.3 Å². The molecule has 2 N–H and O–H groups in total. The third kappa shape index (κ3) is 3.33. The summed E-state index contributed by atoms with van der Waals surface area (Å²) in [6.07, 6.45) is 0. The van der Waals surface area contributed by atoms with Crippen LogP contribution in [-0.2, 0) is 10.0 Å². The number of hydrogen-bond donors (Lipinski definition) is 2. The molecule has 0 heterocycles. The summed E-state index contributed by atoms with van der Waals surface area (Å²) < 4.78 is 27.3. The normalized spacial score (nSPS) is 10.8. The number of hydrogen-bond acceptors (Lipinski definition) is 4. The molecule has 0 aromatic heterocycles. The molecule has 0 aliphatic rings. The van der Waals surface area contributed by atoms with Gasteiger partial charge in [-0.2, -0.15) is 5.26 Å². The second kappa shape index (κ2) is 6.10. The van der Waals surface area contributed by atoms with Crippen LogP contribution in [0.15, 0.2) is 41.3 Å². The number of carbonyl (C=O) groups is 1. The second-order valence-corrected chi connectivity index (χ2v) is 6.65. The molecular formula is C16H14N2O4S. The van der Waals surface area contributed by atoms with Gasteiger partial charge >= 0.3 is 5.97 Å². The number of aromatic carboxylic acids is 1. The van der Waals surface area contributed by atoms with E-state index in [2.05, 4.69) is 4.72 Å². The molecule has 0 spiro atoms. The number of nitrogens with zero attached hydrogens (tertiary/aromatic N) is 1. The van der Waals surface area contributed by atoms with Gasteiger partial charge in [0.1, 0.15) is 11.0 Å². The zero-order valence-electron chi connectivity index (χ0n) is 12.5. The molecule has 2 aromatic rings. The molecule has 0 aliphatic carbocycles. The van der Waals surface area contributed by atoms with E-state index in [9.17, 15) is 13.2 Å². The van der Waals surface area contributed by atoms with Gasteiger partial charge in [0.25, 0.3) is 10.0 Å². The largest absolute Gasteiger partial charge is 0.478 e. The number of sulfonamides is 1. The molecule has 0 saturated heterocycles. The first kappa shape index (κ1) is 16.5. The van der Waals surface area contributed by atoms with E-state index in [0.29, 0.717) is 11.1 Å². The van der Waals surface area contributed by atoms with E-state index >= 15 is 0 Å². The van der Waals surface area contributed by atoms with Crippen molar-refractivity contribution >= 4 is 21.7 Å². The average molecular weight is 330 g/mol. The lowest BCUT2D eigenvalue weighted by Gasteiger charge is -2.11. The zero-order chi connectivity index (χ0) is 17.2. The van der Waals surface area contributed by atoms with Crippen LogP contribution in [0.4, 0.5) is 5.69 Å². The molecule has 0 radical (unpaired) electrons. The first-order valence-corrected chi connectivity index (χ1v) is 8.11. The van der Waals surface area contributed by atoms with Gasteiger partial charge in [-0.15, -0.1) is 0 Å². The van der Waals surface area contributed by atoms with Crippen LogP contribution < -0.4 is 4.72 Å². The predicted molar refractivity (Wildman–Crippen MR) is 84.8 cm³/mol. The minimum absolute atomic E-state index is 0.0823. The number of carboxylic acid groups (broad SMARTS) is 1. The molecule has 0 atom stereocenters. The lowest BCUT2D eigenvalue weighted by molar-refractivity contribution is 0.0696. The second-order valence-electron chi connectivity index (χ2n) is 5.00. The SMILES string of the molecule is Cc1cc(NS(=O)(=O)c2cccc(C)c2C#N)ccc1C(=O)O. The Hall–Kier alpha value is -2.85. The summed E-state index contributed by atoms with van der Waals surface area (Å²) in [7, 11) is -3.95. The van der Waals surface area contributed by atoms with Crippen LogP contribution in [0.2, 0.25) is 0 Å². The van der Waals surface area contributed by atoms with Crippen molar-refractivity contribution in [2.75, 3.05) is 4.72 Å². The Labute approximate surface area is 134 Å². The van der Waals surface area contributed by atoms with E-state index in [1.807, 2.05) is 6.07 Å². The average Bonchev–Trinajstić information content (AvgIpc) is 2.46. The Balaban J connectivity index is 2.44. The van der Waals surface area contributed by atoms with E-state index in [1.54, 1.807) is 26.0 Å². The third-order valence-corrected chi connectivity index (χ3v) is 4.77. The summed E-state index contributed by atoms with van der Waals surface area (Å²) in [6, 6.07) is 10.6. The Morgan fingerprint density at radius 3 is 2.43 bits per heavy atom. The summed E-state index contributed by atoms with van der Waals surface area (Å²) in [5.41, 5.74) is 1.41. The summed E-state index contributed by atoms with van der Waals surface area (Å²) in [4.78, 5) is 10.9. The maximum atomic E-state index is 12.5. The van der Waals surface area contributed by atoms with Gasteiger partial charge in [0.15, 0.2) is 0 Å². The molecule has 0 unspecified atom stereocenters.